The molecule has 3 aromatic rings. The fourth-order valence-corrected chi connectivity index (χ4v) is 4.37. The number of sulfonamides is 1. The number of carbonyl (C=O) groups excluding carboxylic acids is 1. The van der Waals surface area contributed by atoms with E-state index < -0.39 is 10.0 Å². The molecule has 1 N–H and O–H groups in total. The van der Waals surface area contributed by atoms with Gasteiger partial charge < -0.3 is 14.8 Å². The van der Waals surface area contributed by atoms with Crippen LogP contribution in [0.3, 0.4) is 0 Å². The van der Waals surface area contributed by atoms with Crippen molar-refractivity contribution in [3.63, 3.8) is 0 Å². The number of nitrogens with one attached hydrogen (secondary N) is 1. The summed E-state index contributed by atoms with van der Waals surface area (Å²) < 4.78 is 38.8. The molecular weight excluding hydrogens is 424 g/mol. The Morgan fingerprint density at radius 3 is 2.42 bits per heavy atom. The highest BCUT2D eigenvalue weighted by molar-refractivity contribution is 7.89. The molecule has 1 aliphatic heterocycles. The number of benzene rings is 2. The van der Waals surface area contributed by atoms with Gasteiger partial charge in [-0.3, -0.25) is 4.79 Å². The molecule has 0 atom stereocenters. The van der Waals surface area contributed by atoms with Gasteiger partial charge in [-0.05, 0) is 59.0 Å². The van der Waals surface area contributed by atoms with Crippen molar-refractivity contribution in [2.75, 3.05) is 38.2 Å². The van der Waals surface area contributed by atoms with E-state index in [0.29, 0.717) is 37.7 Å². The van der Waals surface area contributed by atoms with Crippen LogP contribution in [-0.4, -0.2) is 71.7 Å². The maximum absolute atomic E-state index is 12.6. The smallest absolute Gasteiger partial charge is 0.262 e. The molecule has 1 aliphatic rings. The zero-order valence-corrected chi connectivity index (χ0v) is 17.2. The van der Waals surface area contributed by atoms with Crippen LogP contribution in [0.4, 0.5) is 5.69 Å². The lowest BCUT2D eigenvalue weighted by molar-refractivity contribution is -0.118. The Morgan fingerprint density at radius 2 is 1.77 bits per heavy atom. The standard InChI is InChI=1S/C19H20N6O5S/c26-19(13-30-17-5-3-16(4-6-17)25-14-20-22-23-25)21-15-1-7-18(8-2-15)31(27,28)24-9-11-29-12-10-24/h1-8,14H,9-13H2,(H,21,26). The molecule has 11 nitrogen and oxygen atoms in total. The number of anilines is 1. The molecule has 2 heterocycles. The fraction of sp³-hybridized carbons (Fsp3) is 0.263. The van der Waals surface area contributed by atoms with E-state index in [9.17, 15) is 13.2 Å². The summed E-state index contributed by atoms with van der Waals surface area (Å²) >= 11 is 0. The van der Waals surface area contributed by atoms with E-state index in [1.807, 2.05) is 0 Å². The average molecular weight is 444 g/mol. The van der Waals surface area contributed by atoms with E-state index in [1.165, 1.54) is 27.4 Å². The van der Waals surface area contributed by atoms with E-state index in [0.717, 1.165) is 5.69 Å². The van der Waals surface area contributed by atoms with Gasteiger partial charge in [0.2, 0.25) is 10.0 Å². The van der Waals surface area contributed by atoms with E-state index in [-0.39, 0.29) is 17.4 Å². The van der Waals surface area contributed by atoms with Gasteiger partial charge in [0.1, 0.15) is 12.1 Å². The van der Waals surface area contributed by atoms with Crippen molar-refractivity contribution in [1.29, 1.82) is 0 Å². The fourth-order valence-electron chi connectivity index (χ4n) is 2.97. The molecule has 1 amide bonds. The van der Waals surface area contributed by atoms with E-state index in [4.69, 9.17) is 9.47 Å². The summed E-state index contributed by atoms with van der Waals surface area (Å²) in [6, 6.07) is 13.0. The van der Waals surface area contributed by atoms with Crippen LogP contribution < -0.4 is 10.1 Å². The number of morpholine rings is 1. The Morgan fingerprint density at radius 1 is 1.06 bits per heavy atom. The number of nitrogens with zero attached hydrogens (tertiary/aromatic N) is 5. The van der Waals surface area contributed by atoms with Gasteiger partial charge in [-0.2, -0.15) is 4.31 Å². The molecule has 0 unspecified atom stereocenters. The molecule has 0 bridgehead atoms. The summed E-state index contributed by atoms with van der Waals surface area (Å²) in [6.45, 7) is 1.23. The molecule has 4 rings (SSSR count). The summed E-state index contributed by atoms with van der Waals surface area (Å²) in [4.78, 5) is 12.3. The minimum atomic E-state index is -3.57. The van der Waals surface area contributed by atoms with Crippen molar-refractivity contribution in [3.05, 3.63) is 54.9 Å². The van der Waals surface area contributed by atoms with Crippen molar-refractivity contribution in [1.82, 2.24) is 24.5 Å². The second-order valence-corrected chi connectivity index (χ2v) is 8.56. The Kier molecular flexibility index (Phi) is 6.21. The normalized spacial score (nSPS) is 14.8. The van der Waals surface area contributed by atoms with Crippen LogP contribution in [0, 0.1) is 0 Å². The molecule has 0 aliphatic carbocycles. The minimum absolute atomic E-state index is 0.173. The van der Waals surface area contributed by atoms with Crippen LogP contribution in [0.5, 0.6) is 5.75 Å². The largest absolute Gasteiger partial charge is 0.484 e. The monoisotopic (exact) mass is 444 g/mol. The number of hydrogen-bond donors (Lipinski definition) is 1. The summed E-state index contributed by atoms with van der Waals surface area (Å²) in [5.41, 5.74) is 1.23. The number of amides is 1. The number of ether oxygens (including phenoxy) is 2. The molecule has 2 aromatic carbocycles. The van der Waals surface area contributed by atoms with Crippen LogP contribution in [0.25, 0.3) is 5.69 Å². The van der Waals surface area contributed by atoms with Gasteiger partial charge in [0.15, 0.2) is 6.61 Å². The number of aromatic nitrogens is 4. The third-order valence-corrected chi connectivity index (χ3v) is 6.48. The summed E-state index contributed by atoms with van der Waals surface area (Å²) in [7, 11) is -3.57. The zero-order valence-electron chi connectivity index (χ0n) is 16.4. The first-order valence-electron chi connectivity index (χ1n) is 9.46. The van der Waals surface area contributed by atoms with Crippen molar-refractivity contribution < 1.29 is 22.7 Å². The van der Waals surface area contributed by atoms with Crippen LogP contribution in [-0.2, 0) is 19.6 Å². The van der Waals surface area contributed by atoms with Crippen molar-refractivity contribution >= 4 is 21.6 Å². The Hall–Kier alpha value is -3.35. The summed E-state index contributed by atoms with van der Waals surface area (Å²) in [5.74, 6) is 0.146. The van der Waals surface area contributed by atoms with Crippen molar-refractivity contribution in [2.24, 2.45) is 0 Å². The molecule has 0 saturated carbocycles. The van der Waals surface area contributed by atoms with Crippen LogP contribution in [0.1, 0.15) is 0 Å². The maximum atomic E-state index is 12.6. The summed E-state index contributed by atoms with van der Waals surface area (Å²) in [5, 5.41) is 13.6. The Balaban J connectivity index is 1.30. The van der Waals surface area contributed by atoms with Gasteiger partial charge >= 0.3 is 0 Å². The van der Waals surface area contributed by atoms with Gasteiger partial charge in [-0.15, -0.1) is 5.10 Å². The van der Waals surface area contributed by atoms with Crippen LogP contribution >= 0.6 is 0 Å². The lowest BCUT2D eigenvalue weighted by Gasteiger charge is -2.26. The van der Waals surface area contributed by atoms with Crippen molar-refractivity contribution in [3.8, 4) is 11.4 Å². The lowest BCUT2D eigenvalue weighted by Crippen LogP contribution is -2.40. The zero-order chi connectivity index (χ0) is 21.7. The number of rotatable bonds is 7. The van der Waals surface area contributed by atoms with Gasteiger partial charge in [0.25, 0.3) is 5.91 Å². The van der Waals surface area contributed by atoms with Crippen LogP contribution in [0.15, 0.2) is 59.8 Å². The number of tetrazole rings is 1. The van der Waals surface area contributed by atoms with Crippen LogP contribution in [0.2, 0.25) is 0 Å². The molecule has 12 heteroatoms. The first kappa shape index (κ1) is 20.9. The third-order valence-electron chi connectivity index (χ3n) is 4.57. The van der Waals surface area contributed by atoms with Crippen molar-refractivity contribution in [2.45, 2.75) is 4.90 Å². The van der Waals surface area contributed by atoms with Gasteiger partial charge in [0, 0.05) is 18.8 Å². The second kappa shape index (κ2) is 9.20. The molecule has 162 valence electrons. The van der Waals surface area contributed by atoms with Gasteiger partial charge in [-0.1, -0.05) is 0 Å². The third kappa shape index (κ3) is 5.05. The minimum Gasteiger partial charge on any atom is -0.484 e. The molecule has 0 spiro atoms. The quantitative estimate of drug-likeness (QED) is 0.564. The average Bonchev–Trinajstić information content (AvgIpc) is 3.34. The number of carbonyl (C=O) groups is 1. The predicted octanol–water partition coefficient (Wildman–Crippen LogP) is 0.701. The second-order valence-electron chi connectivity index (χ2n) is 6.63. The topological polar surface area (TPSA) is 129 Å². The first-order chi connectivity index (χ1) is 15.0. The highest BCUT2D eigenvalue weighted by Gasteiger charge is 2.26. The SMILES string of the molecule is O=C(COc1ccc(-n2cnnn2)cc1)Nc1ccc(S(=O)(=O)N2CCOCC2)cc1. The highest BCUT2D eigenvalue weighted by Crippen LogP contribution is 2.19. The lowest BCUT2D eigenvalue weighted by atomic mass is 10.3. The highest BCUT2D eigenvalue weighted by atomic mass is 32.2. The molecule has 0 radical (unpaired) electrons. The Bertz CT molecular complexity index is 1110. The molecule has 1 aromatic heterocycles. The van der Waals surface area contributed by atoms with Gasteiger partial charge in [-0.25, -0.2) is 13.1 Å². The predicted molar refractivity (Wildman–Crippen MR) is 109 cm³/mol. The Labute approximate surface area is 178 Å². The molecule has 1 fully saturated rings. The molecule has 31 heavy (non-hydrogen) atoms. The molecular formula is C19H20N6O5S. The maximum Gasteiger partial charge on any atom is 0.262 e. The molecule has 1 saturated heterocycles. The summed E-state index contributed by atoms with van der Waals surface area (Å²) in [6.07, 6.45) is 1.47. The number of hydrogen-bond acceptors (Lipinski definition) is 8. The van der Waals surface area contributed by atoms with E-state index >= 15 is 0 Å². The van der Waals surface area contributed by atoms with E-state index in [2.05, 4.69) is 20.8 Å². The first-order valence-corrected chi connectivity index (χ1v) is 10.9. The van der Waals surface area contributed by atoms with Gasteiger partial charge in [0.05, 0.1) is 23.8 Å². The van der Waals surface area contributed by atoms with E-state index in [1.54, 1.807) is 36.4 Å².